The van der Waals surface area contributed by atoms with Crippen molar-refractivity contribution in [1.29, 1.82) is 0 Å². The molecule has 3 aromatic rings. The number of aliphatic imine (C=N–C) groups is 2. The average molecular weight is 433 g/mol. The Bertz CT molecular complexity index is 1020. The molecule has 0 amide bonds. The zero-order chi connectivity index (χ0) is 22.5. The van der Waals surface area contributed by atoms with E-state index in [0.29, 0.717) is 0 Å². The highest BCUT2D eigenvalue weighted by Crippen LogP contribution is 2.24. The van der Waals surface area contributed by atoms with Crippen LogP contribution in [-0.4, -0.2) is 45.7 Å². The number of fused-ring (bicyclic) bond motifs is 6. The third kappa shape index (κ3) is 4.50. The monoisotopic (exact) mass is 432 g/mol. The van der Waals surface area contributed by atoms with Gasteiger partial charge in [0.25, 0.3) is 0 Å². The molecule has 0 unspecified atom stereocenters. The molecule has 0 spiro atoms. The molecule has 4 rings (SSSR count). The zero-order valence-electron chi connectivity index (χ0n) is 19.9. The Morgan fingerprint density at radius 1 is 0.719 bits per heavy atom. The van der Waals surface area contributed by atoms with Crippen LogP contribution in [0.25, 0.3) is 0 Å². The predicted octanol–water partition coefficient (Wildman–Crippen LogP) is 4.74. The SMILES string of the molecule is CCc1c2[nH]c(c1CC)Cc1cc([nH]n1)Cc1[nH]c(c(CC)c1CC)C=NCCCN=C2. The highest BCUT2D eigenvalue weighted by atomic mass is 15.1. The Morgan fingerprint density at radius 3 is 1.78 bits per heavy atom. The molecule has 0 aliphatic carbocycles. The average Bonchev–Trinajstić information content (AvgIpc) is 3.47. The second kappa shape index (κ2) is 10.2. The van der Waals surface area contributed by atoms with Crippen LogP contribution < -0.4 is 0 Å². The van der Waals surface area contributed by atoms with Gasteiger partial charge in [0.1, 0.15) is 0 Å². The number of H-pyrrole nitrogens is 3. The third-order valence-electron chi connectivity index (χ3n) is 6.52. The first-order valence-electron chi connectivity index (χ1n) is 12.2. The Kier molecular flexibility index (Phi) is 7.08. The summed E-state index contributed by atoms with van der Waals surface area (Å²) in [5.41, 5.74) is 12.7. The van der Waals surface area contributed by atoms with Crippen LogP contribution in [0.2, 0.25) is 0 Å². The molecule has 0 saturated carbocycles. The molecule has 0 radical (unpaired) electrons. The summed E-state index contributed by atoms with van der Waals surface area (Å²) in [6.07, 6.45) is 10.7. The van der Waals surface area contributed by atoms with Gasteiger partial charge in [0.2, 0.25) is 0 Å². The smallest absolute Gasteiger partial charge is 0.0683 e. The summed E-state index contributed by atoms with van der Waals surface area (Å²) in [6, 6.07) is 2.21. The summed E-state index contributed by atoms with van der Waals surface area (Å²) in [7, 11) is 0. The van der Waals surface area contributed by atoms with Crippen molar-refractivity contribution in [2.24, 2.45) is 9.98 Å². The first-order chi connectivity index (χ1) is 15.7. The van der Waals surface area contributed by atoms with Gasteiger partial charge in [-0.3, -0.25) is 15.1 Å². The Morgan fingerprint density at radius 2 is 1.25 bits per heavy atom. The minimum atomic E-state index is 0.788. The minimum absolute atomic E-state index is 0.788. The van der Waals surface area contributed by atoms with Crippen LogP contribution in [0.4, 0.5) is 0 Å². The topological polar surface area (TPSA) is 85.0 Å². The van der Waals surface area contributed by atoms with Crippen LogP contribution >= 0.6 is 0 Å². The first-order valence-corrected chi connectivity index (χ1v) is 12.2. The number of rotatable bonds is 4. The van der Waals surface area contributed by atoms with Crippen LogP contribution in [0.5, 0.6) is 0 Å². The Balaban J connectivity index is 1.73. The molecule has 1 aliphatic heterocycles. The summed E-state index contributed by atoms with van der Waals surface area (Å²) >= 11 is 0. The fourth-order valence-corrected chi connectivity index (χ4v) is 5.03. The van der Waals surface area contributed by atoms with Gasteiger partial charge in [-0.2, -0.15) is 5.10 Å². The van der Waals surface area contributed by atoms with E-state index in [9.17, 15) is 0 Å². The largest absolute Gasteiger partial charge is 0.357 e. The van der Waals surface area contributed by atoms with Crippen LogP contribution in [0.15, 0.2) is 16.1 Å². The van der Waals surface area contributed by atoms with Gasteiger partial charge in [0.05, 0.1) is 17.1 Å². The van der Waals surface area contributed by atoms with Gasteiger partial charge in [-0.25, -0.2) is 0 Å². The van der Waals surface area contributed by atoms with Crippen molar-refractivity contribution in [3.8, 4) is 0 Å². The molecule has 1 aliphatic rings. The quantitative estimate of drug-likeness (QED) is 0.547. The van der Waals surface area contributed by atoms with Crippen molar-refractivity contribution in [2.45, 2.75) is 72.6 Å². The second-order valence-corrected chi connectivity index (χ2v) is 8.53. The second-order valence-electron chi connectivity index (χ2n) is 8.53. The van der Waals surface area contributed by atoms with E-state index in [1.54, 1.807) is 0 Å². The molecule has 32 heavy (non-hydrogen) atoms. The van der Waals surface area contributed by atoms with Crippen molar-refractivity contribution < 1.29 is 0 Å². The van der Waals surface area contributed by atoms with Gasteiger partial charge < -0.3 is 9.97 Å². The molecule has 0 fully saturated rings. The number of hydrogen-bond donors (Lipinski definition) is 3. The lowest BCUT2D eigenvalue weighted by Crippen LogP contribution is -1.95. The van der Waals surface area contributed by atoms with E-state index in [1.165, 1.54) is 33.6 Å². The van der Waals surface area contributed by atoms with Gasteiger partial charge in [0.15, 0.2) is 0 Å². The summed E-state index contributed by atoms with van der Waals surface area (Å²) in [5.74, 6) is 0. The van der Waals surface area contributed by atoms with Crippen LogP contribution in [0, 0.1) is 0 Å². The normalized spacial score (nSPS) is 14.5. The summed E-state index contributed by atoms with van der Waals surface area (Å²) in [4.78, 5) is 16.7. The number of nitrogens with zero attached hydrogens (tertiary/aromatic N) is 3. The van der Waals surface area contributed by atoms with Crippen LogP contribution in [0.1, 0.15) is 90.5 Å². The van der Waals surface area contributed by atoms with Crippen molar-refractivity contribution >= 4 is 12.4 Å². The summed E-state index contributed by atoms with van der Waals surface area (Å²) in [5, 5.41) is 7.92. The lowest BCUT2D eigenvalue weighted by Gasteiger charge is -2.03. The van der Waals surface area contributed by atoms with E-state index in [4.69, 9.17) is 9.98 Å². The van der Waals surface area contributed by atoms with Gasteiger partial charge in [-0.1, -0.05) is 27.7 Å². The first kappa shape index (κ1) is 22.3. The predicted molar refractivity (Wildman–Crippen MR) is 133 cm³/mol. The Labute approximate surface area is 191 Å². The van der Waals surface area contributed by atoms with E-state index >= 15 is 0 Å². The zero-order valence-corrected chi connectivity index (χ0v) is 19.9. The van der Waals surface area contributed by atoms with E-state index < -0.39 is 0 Å². The highest BCUT2D eigenvalue weighted by Gasteiger charge is 2.17. The van der Waals surface area contributed by atoms with Crippen molar-refractivity contribution in [3.05, 3.63) is 62.5 Å². The molecule has 3 aromatic heterocycles. The maximum atomic E-state index is 4.70. The van der Waals surface area contributed by atoms with Gasteiger partial charge in [0, 0.05) is 55.4 Å². The summed E-state index contributed by atoms with van der Waals surface area (Å²) < 4.78 is 0. The number of hydrogen-bond acceptors (Lipinski definition) is 3. The molecule has 6 bridgehead atoms. The van der Waals surface area contributed by atoms with E-state index in [0.717, 1.165) is 80.8 Å². The van der Waals surface area contributed by atoms with Crippen LogP contribution in [0.3, 0.4) is 0 Å². The van der Waals surface area contributed by atoms with E-state index in [-0.39, 0.29) is 0 Å². The molecule has 0 saturated heterocycles. The van der Waals surface area contributed by atoms with Crippen molar-refractivity contribution in [2.75, 3.05) is 13.1 Å². The molecule has 0 aromatic carbocycles. The summed E-state index contributed by atoms with van der Waals surface area (Å²) in [6.45, 7) is 10.5. The van der Waals surface area contributed by atoms with Crippen molar-refractivity contribution in [3.63, 3.8) is 0 Å². The number of aromatic amines is 3. The standard InChI is InChI=1S/C26H36N6/c1-5-19-21(7-3)25-15-27-10-9-11-28-16-26-22(8-4)20(6-2)24(30-26)14-18-12-17(31-32-18)13-23(19)29-25/h12,15-16,29-30H,5-11,13-14H2,1-4H3,(H,31,32). The Hall–Kier alpha value is -2.89. The lowest BCUT2D eigenvalue weighted by atomic mass is 10.0. The molecule has 6 heteroatoms. The highest BCUT2D eigenvalue weighted by molar-refractivity contribution is 5.81. The van der Waals surface area contributed by atoms with Crippen LogP contribution in [-0.2, 0) is 38.5 Å². The van der Waals surface area contributed by atoms with Gasteiger partial charge >= 0.3 is 0 Å². The minimum Gasteiger partial charge on any atom is -0.357 e. The molecular formula is C26H36N6. The molecule has 170 valence electrons. The lowest BCUT2D eigenvalue weighted by molar-refractivity contribution is 0.849. The van der Waals surface area contributed by atoms with Crippen molar-refractivity contribution in [1.82, 2.24) is 20.2 Å². The molecule has 0 atom stereocenters. The number of nitrogens with one attached hydrogen (secondary N) is 3. The van der Waals surface area contributed by atoms with E-state index in [1.807, 2.05) is 12.4 Å². The molecule has 6 nitrogen and oxygen atoms in total. The maximum Gasteiger partial charge on any atom is 0.0683 e. The maximum absolute atomic E-state index is 4.70. The van der Waals surface area contributed by atoms with Gasteiger partial charge in [-0.05, 0) is 60.4 Å². The van der Waals surface area contributed by atoms with Gasteiger partial charge in [-0.15, -0.1) is 0 Å². The molecule has 4 heterocycles. The third-order valence-corrected chi connectivity index (χ3v) is 6.52. The fraction of sp³-hybridized carbons (Fsp3) is 0.500. The van der Waals surface area contributed by atoms with E-state index in [2.05, 4.69) is 53.9 Å². The number of aromatic nitrogens is 4. The molecule has 3 N–H and O–H groups in total. The molecular weight excluding hydrogens is 396 g/mol. The fourth-order valence-electron chi connectivity index (χ4n) is 5.03.